The molecule has 98 valence electrons. The molecule has 0 aliphatic rings. The van der Waals surface area contributed by atoms with Crippen molar-refractivity contribution in [2.24, 2.45) is 7.05 Å². The molecule has 0 atom stereocenters. The highest BCUT2D eigenvalue weighted by molar-refractivity contribution is 9.08. The zero-order valence-electron chi connectivity index (χ0n) is 10.8. The Balaban J connectivity index is 2.50. The molecule has 2 rings (SSSR count). The summed E-state index contributed by atoms with van der Waals surface area (Å²) in [7, 11) is 1.75. The standard InChI is InChI=1S/C11H15BrN4OS/c1-11(2,3)8-13-14-9(18-8)16-6-7(5-12)15(4)10(16)17/h6H,5H2,1-4H3. The van der Waals surface area contributed by atoms with Crippen LogP contribution in [0.15, 0.2) is 11.0 Å². The number of rotatable bonds is 2. The summed E-state index contributed by atoms with van der Waals surface area (Å²) in [6.45, 7) is 6.24. The molecule has 0 aromatic carbocycles. The molecule has 18 heavy (non-hydrogen) atoms. The van der Waals surface area contributed by atoms with E-state index in [2.05, 4.69) is 46.9 Å². The van der Waals surface area contributed by atoms with Crippen molar-refractivity contribution in [3.8, 4) is 5.13 Å². The van der Waals surface area contributed by atoms with Crippen LogP contribution in [-0.4, -0.2) is 19.3 Å². The maximum Gasteiger partial charge on any atom is 0.334 e. The third-order valence-electron chi connectivity index (χ3n) is 2.60. The van der Waals surface area contributed by atoms with E-state index in [-0.39, 0.29) is 11.1 Å². The third-order valence-corrected chi connectivity index (χ3v) is 4.52. The predicted molar refractivity (Wildman–Crippen MR) is 75.8 cm³/mol. The van der Waals surface area contributed by atoms with E-state index < -0.39 is 0 Å². The van der Waals surface area contributed by atoms with E-state index in [4.69, 9.17) is 0 Å². The van der Waals surface area contributed by atoms with Gasteiger partial charge in [0, 0.05) is 29.7 Å². The van der Waals surface area contributed by atoms with Crippen LogP contribution < -0.4 is 5.69 Å². The smallest absolute Gasteiger partial charge is 0.298 e. The Labute approximate surface area is 118 Å². The fraction of sp³-hybridized carbons (Fsp3) is 0.545. The fourth-order valence-electron chi connectivity index (χ4n) is 1.45. The number of nitrogens with zero attached hydrogens (tertiary/aromatic N) is 4. The second-order valence-corrected chi connectivity index (χ2v) is 6.62. The number of imidazole rings is 1. The molecule has 0 unspecified atom stereocenters. The summed E-state index contributed by atoms with van der Waals surface area (Å²) in [6, 6.07) is 0. The van der Waals surface area contributed by atoms with E-state index in [9.17, 15) is 4.79 Å². The summed E-state index contributed by atoms with van der Waals surface area (Å²) in [4.78, 5) is 12.1. The van der Waals surface area contributed by atoms with Gasteiger partial charge in [-0.15, -0.1) is 10.2 Å². The number of aromatic nitrogens is 4. The van der Waals surface area contributed by atoms with Crippen molar-refractivity contribution >= 4 is 27.3 Å². The van der Waals surface area contributed by atoms with Crippen LogP contribution in [-0.2, 0) is 17.8 Å². The average Bonchev–Trinajstić information content (AvgIpc) is 2.86. The number of hydrogen-bond acceptors (Lipinski definition) is 4. The van der Waals surface area contributed by atoms with E-state index in [1.165, 1.54) is 11.3 Å². The molecule has 2 heterocycles. The van der Waals surface area contributed by atoms with Gasteiger partial charge in [-0.25, -0.2) is 9.36 Å². The maximum absolute atomic E-state index is 12.1. The predicted octanol–water partition coefficient (Wildman–Crippen LogP) is 2.22. The first-order chi connectivity index (χ1) is 8.34. The summed E-state index contributed by atoms with van der Waals surface area (Å²) in [5, 5.41) is 10.4. The van der Waals surface area contributed by atoms with Crippen LogP contribution in [0.3, 0.4) is 0 Å². The Bertz CT molecular complexity index is 620. The Hall–Kier alpha value is -0.950. The SMILES string of the molecule is Cn1c(CBr)cn(-c2nnc(C(C)(C)C)s2)c1=O. The second kappa shape index (κ2) is 4.62. The minimum absolute atomic E-state index is 0.0490. The molecule has 2 aromatic rings. The molecule has 0 bridgehead atoms. The summed E-state index contributed by atoms with van der Waals surface area (Å²) in [5.74, 6) is 0. The van der Waals surface area contributed by atoms with Crippen molar-refractivity contribution in [2.75, 3.05) is 0 Å². The van der Waals surface area contributed by atoms with Crippen molar-refractivity contribution in [3.63, 3.8) is 0 Å². The van der Waals surface area contributed by atoms with E-state index in [1.54, 1.807) is 22.4 Å². The lowest BCUT2D eigenvalue weighted by molar-refractivity contribution is 0.578. The van der Waals surface area contributed by atoms with Crippen LogP contribution in [0.4, 0.5) is 0 Å². The van der Waals surface area contributed by atoms with Crippen molar-refractivity contribution in [3.05, 3.63) is 27.4 Å². The van der Waals surface area contributed by atoms with Gasteiger partial charge in [0.05, 0.1) is 0 Å². The van der Waals surface area contributed by atoms with Gasteiger partial charge in [-0.2, -0.15) is 0 Å². The number of hydrogen-bond donors (Lipinski definition) is 0. The second-order valence-electron chi connectivity index (χ2n) is 5.11. The topological polar surface area (TPSA) is 52.7 Å². The van der Waals surface area contributed by atoms with Crippen LogP contribution in [0.2, 0.25) is 0 Å². The molecule has 5 nitrogen and oxygen atoms in total. The molecule has 0 fully saturated rings. The first-order valence-corrected chi connectivity index (χ1v) is 7.46. The van der Waals surface area contributed by atoms with Crippen LogP contribution in [0.25, 0.3) is 5.13 Å². The lowest BCUT2D eigenvalue weighted by Gasteiger charge is -2.12. The molecule has 0 amide bonds. The minimum atomic E-state index is -0.0962. The monoisotopic (exact) mass is 330 g/mol. The van der Waals surface area contributed by atoms with Crippen LogP contribution >= 0.6 is 27.3 Å². The molecule has 0 saturated carbocycles. The maximum atomic E-state index is 12.1. The van der Waals surface area contributed by atoms with Crippen molar-refractivity contribution < 1.29 is 0 Å². The molecule has 0 aliphatic carbocycles. The Morgan fingerprint density at radius 3 is 2.50 bits per heavy atom. The van der Waals surface area contributed by atoms with Gasteiger partial charge in [-0.1, -0.05) is 48.0 Å². The van der Waals surface area contributed by atoms with Crippen LogP contribution in [0.5, 0.6) is 0 Å². The van der Waals surface area contributed by atoms with E-state index in [1.807, 2.05) is 0 Å². The molecule has 0 saturated heterocycles. The van der Waals surface area contributed by atoms with Crippen LogP contribution in [0.1, 0.15) is 31.5 Å². The Morgan fingerprint density at radius 1 is 1.39 bits per heavy atom. The van der Waals surface area contributed by atoms with Gasteiger partial charge in [0.25, 0.3) is 0 Å². The first-order valence-electron chi connectivity index (χ1n) is 5.52. The highest BCUT2D eigenvalue weighted by Gasteiger charge is 2.21. The molecular formula is C11H15BrN4OS. The summed E-state index contributed by atoms with van der Waals surface area (Å²) < 4.78 is 3.15. The summed E-state index contributed by atoms with van der Waals surface area (Å²) >= 11 is 4.81. The average molecular weight is 331 g/mol. The Kier molecular flexibility index (Phi) is 3.46. The molecular weight excluding hydrogens is 316 g/mol. The van der Waals surface area contributed by atoms with Crippen molar-refractivity contribution in [1.29, 1.82) is 0 Å². The van der Waals surface area contributed by atoms with Gasteiger partial charge in [0.15, 0.2) is 0 Å². The molecule has 0 N–H and O–H groups in total. The van der Waals surface area contributed by atoms with Crippen molar-refractivity contribution in [1.82, 2.24) is 19.3 Å². The first kappa shape index (κ1) is 13.5. The van der Waals surface area contributed by atoms with Gasteiger partial charge in [-0.05, 0) is 0 Å². The summed E-state index contributed by atoms with van der Waals surface area (Å²) in [5.41, 5.74) is 0.764. The zero-order valence-corrected chi connectivity index (χ0v) is 13.2. The largest absolute Gasteiger partial charge is 0.334 e. The number of alkyl halides is 1. The Morgan fingerprint density at radius 2 is 2.06 bits per heavy atom. The van der Waals surface area contributed by atoms with Gasteiger partial charge < -0.3 is 0 Å². The molecule has 7 heteroatoms. The molecule has 0 aliphatic heterocycles. The third kappa shape index (κ3) is 2.29. The van der Waals surface area contributed by atoms with Gasteiger partial charge in [0.1, 0.15) is 5.01 Å². The molecule has 0 spiro atoms. The van der Waals surface area contributed by atoms with Crippen LogP contribution in [0, 0.1) is 0 Å². The molecule has 0 radical (unpaired) electrons. The molecule has 2 aromatic heterocycles. The zero-order chi connectivity index (χ0) is 13.5. The van der Waals surface area contributed by atoms with Crippen molar-refractivity contribution in [2.45, 2.75) is 31.5 Å². The lowest BCUT2D eigenvalue weighted by atomic mass is 9.98. The minimum Gasteiger partial charge on any atom is -0.298 e. The highest BCUT2D eigenvalue weighted by Crippen LogP contribution is 2.26. The quantitative estimate of drug-likeness (QED) is 0.793. The van der Waals surface area contributed by atoms with Gasteiger partial charge in [0.2, 0.25) is 5.13 Å². The van der Waals surface area contributed by atoms with E-state index in [0.717, 1.165) is 10.7 Å². The lowest BCUT2D eigenvalue weighted by Crippen LogP contribution is -2.21. The van der Waals surface area contributed by atoms with E-state index >= 15 is 0 Å². The van der Waals surface area contributed by atoms with E-state index in [0.29, 0.717) is 10.5 Å². The summed E-state index contributed by atoms with van der Waals surface area (Å²) in [6.07, 6.45) is 1.80. The van der Waals surface area contributed by atoms with Gasteiger partial charge >= 0.3 is 5.69 Å². The number of halogens is 1. The fourth-order valence-corrected chi connectivity index (χ4v) is 2.84. The van der Waals surface area contributed by atoms with Gasteiger partial charge in [-0.3, -0.25) is 4.57 Å². The highest BCUT2D eigenvalue weighted by atomic mass is 79.9. The normalized spacial score (nSPS) is 12.1.